The minimum absolute atomic E-state index is 0.148. The average Bonchev–Trinajstić information content (AvgIpc) is 3.15. The van der Waals surface area contributed by atoms with Gasteiger partial charge in [0.1, 0.15) is 0 Å². The van der Waals surface area contributed by atoms with Gasteiger partial charge in [0.15, 0.2) is 5.82 Å². The molecule has 1 saturated heterocycles. The molecular weight excluding hydrogens is 328 g/mol. The van der Waals surface area contributed by atoms with Gasteiger partial charge in [0.2, 0.25) is 11.8 Å². The van der Waals surface area contributed by atoms with Gasteiger partial charge in [0.05, 0.1) is 17.3 Å². The Morgan fingerprint density at radius 1 is 1.38 bits per heavy atom. The zero-order valence-electron chi connectivity index (χ0n) is 14.1. The predicted molar refractivity (Wildman–Crippen MR) is 93.4 cm³/mol. The van der Waals surface area contributed by atoms with Gasteiger partial charge in [-0.2, -0.15) is 4.98 Å². The Morgan fingerprint density at radius 3 is 2.79 bits per heavy atom. The lowest BCUT2D eigenvalue weighted by Gasteiger charge is -2.17. The number of halogens is 1. The lowest BCUT2D eigenvalue weighted by molar-refractivity contribution is -0.117. The maximum absolute atomic E-state index is 11.9. The summed E-state index contributed by atoms with van der Waals surface area (Å²) in [5, 5.41) is 7.79. The summed E-state index contributed by atoms with van der Waals surface area (Å²) >= 11 is 6.25. The summed E-state index contributed by atoms with van der Waals surface area (Å²) in [6, 6.07) is 5.53. The minimum Gasteiger partial charge on any atom is -0.375 e. The third kappa shape index (κ3) is 3.53. The van der Waals surface area contributed by atoms with E-state index in [0.29, 0.717) is 29.7 Å². The van der Waals surface area contributed by atoms with E-state index in [9.17, 15) is 4.79 Å². The van der Waals surface area contributed by atoms with Crippen LogP contribution in [0.15, 0.2) is 22.7 Å². The summed E-state index contributed by atoms with van der Waals surface area (Å²) in [4.78, 5) is 18.1. The molecule has 128 valence electrons. The molecule has 1 aliphatic heterocycles. The van der Waals surface area contributed by atoms with Crippen LogP contribution in [0.1, 0.15) is 45.3 Å². The Balaban J connectivity index is 1.73. The van der Waals surface area contributed by atoms with Gasteiger partial charge in [0, 0.05) is 24.1 Å². The molecule has 1 aromatic carbocycles. The molecule has 6 nitrogen and oxygen atoms in total. The Kier molecular flexibility index (Phi) is 4.49. The first-order valence-corrected chi connectivity index (χ1v) is 8.39. The fourth-order valence-electron chi connectivity index (χ4n) is 2.54. The fourth-order valence-corrected chi connectivity index (χ4v) is 2.72. The van der Waals surface area contributed by atoms with Crippen LogP contribution in [0.5, 0.6) is 0 Å². The zero-order valence-corrected chi connectivity index (χ0v) is 14.9. The van der Waals surface area contributed by atoms with Crippen molar-refractivity contribution in [2.24, 2.45) is 0 Å². The molecule has 0 radical (unpaired) electrons. The molecule has 0 saturated carbocycles. The van der Waals surface area contributed by atoms with Crippen LogP contribution in [0.25, 0.3) is 0 Å². The second-order valence-corrected chi connectivity index (χ2v) is 7.34. The third-order valence-corrected chi connectivity index (χ3v) is 4.23. The number of carbonyl (C=O) groups excluding carboxylic acids is 1. The zero-order chi connectivity index (χ0) is 17.3. The van der Waals surface area contributed by atoms with E-state index < -0.39 is 0 Å². The van der Waals surface area contributed by atoms with Crippen LogP contribution in [-0.4, -0.2) is 22.6 Å². The largest absolute Gasteiger partial charge is 0.375 e. The third-order valence-electron chi connectivity index (χ3n) is 3.90. The molecule has 0 spiro atoms. The van der Waals surface area contributed by atoms with E-state index >= 15 is 0 Å². The summed E-state index contributed by atoms with van der Waals surface area (Å²) in [6.07, 6.45) is 1.49. The number of benzene rings is 1. The highest BCUT2D eigenvalue weighted by molar-refractivity contribution is 6.33. The van der Waals surface area contributed by atoms with E-state index in [4.69, 9.17) is 16.1 Å². The highest BCUT2D eigenvalue weighted by atomic mass is 35.5. The van der Waals surface area contributed by atoms with Gasteiger partial charge in [0.25, 0.3) is 0 Å². The lowest BCUT2D eigenvalue weighted by atomic mass is 9.96. The smallest absolute Gasteiger partial charge is 0.245 e. The maximum Gasteiger partial charge on any atom is 0.245 e. The van der Waals surface area contributed by atoms with Crippen molar-refractivity contribution in [3.63, 3.8) is 0 Å². The Labute approximate surface area is 146 Å². The molecule has 2 aromatic rings. The molecule has 1 amide bonds. The molecule has 0 atom stereocenters. The molecule has 0 bridgehead atoms. The van der Waals surface area contributed by atoms with E-state index in [1.54, 1.807) is 11.0 Å². The van der Waals surface area contributed by atoms with Crippen LogP contribution in [-0.2, 0) is 16.8 Å². The summed E-state index contributed by atoms with van der Waals surface area (Å²) in [5.74, 6) is 1.32. The number of hydrogen-bond donors (Lipinski definition) is 1. The van der Waals surface area contributed by atoms with Gasteiger partial charge in [-0.3, -0.25) is 4.79 Å². The highest BCUT2D eigenvalue weighted by Gasteiger charge is 2.23. The predicted octanol–water partition coefficient (Wildman–Crippen LogP) is 3.76. The monoisotopic (exact) mass is 348 g/mol. The number of nitrogens with zero attached hydrogens (tertiary/aromatic N) is 3. The second kappa shape index (κ2) is 6.43. The molecule has 7 heteroatoms. The number of nitrogens with one attached hydrogen (secondary N) is 1. The number of amides is 1. The van der Waals surface area contributed by atoms with E-state index in [1.807, 2.05) is 32.9 Å². The summed E-state index contributed by atoms with van der Waals surface area (Å²) < 4.78 is 5.27. The van der Waals surface area contributed by atoms with Crippen LogP contribution >= 0.6 is 11.6 Å². The van der Waals surface area contributed by atoms with Gasteiger partial charge in [-0.15, -0.1) is 0 Å². The molecule has 2 heterocycles. The van der Waals surface area contributed by atoms with Gasteiger partial charge >= 0.3 is 0 Å². The van der Waals surface area contributed by atoms with E-state index in [-0.39, 0.29) is 11.3 Å². The van der Waals surface area contributed by atoms with Crippen LogP contribution in [0, 0.1) is 0 Å². The summed E-state index contributed by atoms with van der Waals surface area (Å²) in [5.41, 5.74) is 1.43. The van der Waals surface area contributed by atoms with Crippen LogP contribution in [0.3, 0.4) is 0 Å². The van der Waals surface area contributed by atoms with E-state index in [1.165, 1.54) is 0 Å². The van der Waals surface area contributed by atoms with Crippen LogP contribution < -0.4 is 10.2 Å². The number of aromatic nitrogens is 2. The quantitative estimate of drug-likeness (QED) is 0.910. The van der Waals surface area contributed by atoms with Crippen molar-refractivity contribution < 1.29 is 9.32 Å². The van der Waals surface area contributed by atoms with E-state index in [0.717, 1.165) is 24.3 Å². The first-order chi connectivity index (χ1) is 11.3. The number of rotatable bonds is 4. The molecule has 1 N–H and O–H groups in total. The molecule has 3 rings (SSSR count). The molecule has 0 unspecified atom stereocenters. The first kappa shape index (κ1) is 16.8. The Hall–Kier alpha value is -2.08. The highest BCUT2D eigenvalue weighted by Crippen LogP contribution is 2.30. The van der Waals surface area contributed by atoms with Crippen molar-refractivity contribution in [1.82, 2.24) is 10.1 Å². The molecular formula is C17H21ClN4O2. The van der Waals surface area contributed by atoms with Crippen LogP contribution in [0.2, 0.25) is 5.02 Å². The van der Waals surface area contributed by atoms with Crippen molar-refractivity contribution in [2.75, 3.05) is 16.8 Å². The second-order valence-electron chi connectivity index (χ2n) is 6.93. The van der Waals surface area contributed by atoms with Gasteiger partial charge in [-0.1, -0.05) is 37.5 Å². The van der Waals surface area contributed by atoms with E-state index in [2.05, 4.69) is 15.5 Å². The number of anilines is 2. The molecule has 1 aromatic heterocycles. The van der Waals surface area contributed by atoms with Crippen molar-refractivity contribution >= 4 is 28.9 Å². The average molecular weight is 349 g/mol. The topological polar surface area (TPSA) is 71.3 Å². The SMILES string of the molecule is CC(C)(C)c1noc(CNc2cc(N3CCCC3=O)ccc2Cl)n1. The Bertz CT molecular complexity index is 751. The molecule has 24 heavy (non-hydrogen) atoms. The summed E-state index contributed by atoms with van der Waals surface area (Å²) in [7, 11) is 0. The molecule has 1 aliphatic rings. The van der Waals surface area contributed by atoms with Crippen molar-refractivity contribution in [3.05, 3.63) is 34.9 Å². The summed E-state index contributed by atoms with van der Waals surface area (Å²) in [6.45, 7) is 7.21. The standard InChI is InChI=1S/C17H21ClN4O2/c1-17(2,3)16-20-14(24-21-16)10-19-13-9-11(6-7-12(13)18)22-8-4-5-15(22)23/h6-7,9,19H,4-5,8,10H2,1-3H3. The minimum atomic E-state index is -0.157. The molecule has 0 aliphatic carbocycles. The van der Waals surface area contributed by atoms with Gasteiger partial charge < -0.3 is 14.7 Å². The lowest BCUT2D eigenvalue weighted by Crippen LogP contribution is -2.23. The molecule has 1 fully saturated rings. The van der Waals surface area contributed by atoms with Crippen LogP contribution in [0.4, 0.5) is 11.4 Å². The van der Waals surface area contributed by atoms with Crippen molar-refractivity contribution in [1.29, 1.82) is 0 Å². The van der Waals surface area contributed by atoms with Gasteiger partial charge in [-0.05, 0) is 24.6 Å². The maximum atomic E-state index is 11.9. The van der Waals surface area contributed by atoms with Crippen molar-refractivity contribution in [3.8, 4) is 0 Å². The van der Waals surface area contributed by atoms with Crippen molar-refractivity contribution in [2.45, 2.75) is 45.6 Å². The number of hydrogen-bond acceptors (Lipinski definition) is 5. The first-order valence-electron chi connectivity index (χ1n) is 8.01. The normalized spacial score (nSPS) is 15.2. The number of carbonyl (C=O) groups is 1. The fraction of sp³-hybridized carbons (Fsp3) is 0.471. The Morgan fingerprint density at radius 2 is 2.17 bits per heavy atom. The van der Waals surface area contributed by atoms with Gasteiger partial charge in [-0.25, -0.2) is 0 Å².